The van der Waals surface area contributed by atoms with Crippen LogP contribution in [-0.2, 0) is 0 Å². The van der Waals surface area contributed by atoms with Gasteiger partial charge in [0.25, 0.3) is 5.56 Å². The van der Waals surface area contributed by atoms with Crippen molar-refractivity contribution in [2.75, 3.05) is 0 Å². The molecule has 7 rings (SSSR count). The summed E-state index contributed by atoms with van der Waals surface area (Å²) in [6, 6.07) is 34.4. The molecule has 0 fully saturated rings. The largest absolute Gasteiger partial charge is 0.308 e. The Morgan fingerprint density at radius 3 is 2.12 bits per heavy atom. The summed E-state index contributed by atoms with van der Waals surface area (Å²) in [5, 5.41) is 2.69. The molecule has 0 saturated heterocycles. The predicted molar refractivity (Wildman–Crippen MR) is 130 cm³/mol. The molecule has 0 unspecified atom stereocenters. The molecule has 0 bridgehead atoms. The second-order valence-electron chi connectivity index (χ2n) is 8.03. The zero-order valence-corrected chi connectivity index (χ0v) is 17.1. The molecular weight excluding hydrogens is 394 g/mol. The molecule has 3 aromatic heterocycles. The zero-order valence-electron chi connectivity index (χ0n) is 17.1. The highest BCUT2D eigenvalue weighted by Gasteiger charge is 2.23. The maximum absolute atomic E-state index is 14.1. The van der Waals surface area contributed by atoms with Crippen molar-refractivity contribution < 1.29 is 0 Å². The second kappa shape index (κ2) is 6.28. The lowest BCUT2D eigenvalue weighted by Gasteiger charge is -2.10. The number of rotatable bonds is 2. The molecule has 0 spiro atoms. The highest BCUT2D eigenvalue weighted by atomic mass is 16.1. The fourth-order valence-electron chi connectivity index (χ4n) is 4.96. The Balaban J connectivity index is 1.79. The maximum atomic E-state index is 14.1. The lowest BCUT2D eigenvalue weighted by molar-refractivity contribution is 1.12. The number of para-hydroxylation sites is 3. The van der Waals surface area contributed by atoms with Crippen molar-refractivity contribution in [3.05, 3.63) is 113 Å². The molecular formula is C28H17N3O. The van der Waals surface area contributed by atoms with E-state index in [2.05, 4.69) is 28.8 Å². The van der Waals surface area contributed by atoms with Gasteiger partial charge in [0.05, 0.1) is 27.5 Å². The molecule has 4 nitrogen and oxygen atoms in total. The van der Waals surface area contributed by atoms with Crippen LogP contribution in [0.15, 0.2) is 108 Å². The van der Waals surface area contributed by atoms with Gasteiger partial charge in [-0.05, 0) is 24.3 Å². The predicted octanol–water partition coefficient (Wildman–Crippen LogP) is 6.05. The monoisotopic (exact) mass is 411 g/mol. The first-order chi connectivity index (χ1) is 15.8. The van der Waals surface area contributed by atoms with E-state index >= 15 is 0 Å². The van der Waals surface area contributed by atoms with Crippen molar-refractivity contribution in [2.45, 2.75) is 0 Å². The van der Waals surface area contributed by atoms with Crippen LogP contribution in [0.1, 0.15) is 0 Å². The summed E-state index contributed by atoms with van der Waals surface area (Å²) in [6.07, 6.45) is 0. The molecule has 0 saturated carbocycles. The van der Waals surface area contributed by atoms with Crippen molar-refractivity contribution in [2.24, 2.45) is 0 Å². The van der Waals surface area contributed by atoms with Crippen LogP contribution < -0.4 is 5.56 Å². The number of pyridine rings is 1. The molecule has 4 heteroatoms. The van der Waals surface area contributed by atoms with Gasteiger partial charge in [-0.1, -0.05) is 78.9 Å². The Labute approximate surface area is 182 Å². The van der Waals surface area contributed by atoms with Crippen molar-refractivity contribution >= 4 is 38.2 Å². The number of benzene rings is 4. The molecule has 3 heterocycles. The molecule has 0 amide bonds. The van der Waals surface area contributed by atoms with E-state index in [4.69, 9.17) is 4.98 Å². The topological polar surface area (TPSA) is 39.3 Å². The molecule has 7 aromatic rings. The van der Waals surface area contributed by atoms with Crippen LogP contribution in [0.25, 0.3) is 55.3 Å². The van der Waals surface area contributed by atoms with Gasteiger partial charge in [-0.2, -0.15) is 0 Å². The highest BCUT2D eigenvalue weighted by molar-refractivity contribution is 6.19. The Hall–Kier alpha value is -4.44. The summed E-state index contributed by atoms with van der Waals surface area (Å²) in [5.41, 5.74) is 5.57. The molecule has 150 valence electrons. The number of imidazole rings is 1. The number of hydrogen-bond donors (Lipinski definition) is 0. The van der Waals surface area contributed by atoms with Gasteiger partial charge in [0.1, 0.15) is 5.82 Å². The molecule has 0 radical (unpaired) electrons. The standard InChI is InChI=1S/C28H17N3O/c32-28-24-20-14-7-8-17-23(20)30(19-12-5-2-6-13-19)26(24)21-15-9-16-22-25(21)31(28)27(29-22)18-10-3-1-4-11-18/h1-17H. The molecule has 0 N–H and O–H groups in total. The average Bonchev–Trinajstić information content (AvgIpc) is 3.41. The van der Waals surface area contributed by atoms with Gasteiger partial charge in [0.2, 0.25) is 0 Å². The van der Waals surface area contributed by atoms with Gasteiger partial charge in [0.15, 0.2) is 0 Å². The Bertz CT molecular complexity index is 1830. The Morgan fingerprint density at radius 1 is 0.625 bits per heavy atom. The Morgan fingerprint density at radius 2 is 1.31 bits per heavy atom. The number of fused-ring (bicyclic) bond motifs is 4. The van der Waals surface area contributed by atoms with Crippen LogP contribution >= 0.6 is 0 Å². The van der Waals surface area contributed by atoms with E-state index in [1.54, 1.807) is 4.40 Å². The van der Waals surface area contributed by atoms with Crippen LogP contribution in [0, 0.1) is 0 Å². The lowest BCUT2D eigenvalue weighted by atomic mass is 10.1. The summed E-state index contributed by atoms with van der Waals surface area (Å²) < 4.78 is 4.00. The number of aromatic nitrogens is 3. The minimum atomic E-state index is -0.0362. The van der Waals surface area contributed by atoms with Gasteiger partial charge in [-0.25, -0.2) is 4.98 Å². The van der Waals surface area contributed by atoms with Crippen LogP contribution in [0.3, 0.4) is 0 Å². The van der Waals surface area contributed by atoms with Crippen molar-refractivity contribution in [1.29, 1.82) is 0 Å². The minimum absolute atomic E-state index is 0.0362. The van der Waals surface area contributed by atoms with E-state index in [0.29, 0.717) is 5.82 Å². The van der Waals surface area contributed by atoms with Gasteiger partial charge in [-0.15, -0.1) is 0 Å². The smallest absolute Gasteiger partial charge is 0.266 e. The zero-order chi connectivity index (χ0) is 21.2. The lowest BCUT2D eigenvalue weighted by Crippen LogP contribution is -2.14. The summed E-state index contributed by atoms with van der Waals surface area (Å²) >= 11 is 0. The fourth-order valence-corrected chi connectivity index (χ4v) is 4.96. The molecule has 0 aliphatic rings. The normalized spacial score (nSPS) is 11.9. The van der Waals surface area contributed by atoms with Crippen LogP contribution in [0.4, 0.5) is 0 Å². The molecule has 4 aromatic carbocycles. The summed E-state index contributed by atoms with van der Waals surface area (Å²) in [7, 11) is 0. The third-order valence-electron chi connectivity index (χ3n) is 6.27. The fraction of sp³-hybridized carbons (Fsp3) is 0. The van der Waals surface area contributed by atoms with Gasteiger partial charge < -0.3 is 4.57 Å². The van der Waals surface area contributed by atoms with Crippen molar-refractivity contribution in [1.82, 2.24) is 14.0 Å². The molecule has 0 aliphatic heterocycles. The second-order valence-corrected chi connectivity index (χ2v) is 8.03. The maximum Gasteiger partial charge on any atom is 0.266 e. The van der Waals surface area contributed by atoms with Gasteiger partial charge >= 0.3 is 0 Å². The first-order valence-electron chi connectivity index (χ1n) is 10.6. The third kappa shape index (κ3) is 2.16. The molecule has 32 heavy (non-hydrogen) atoms. The number of nitrogens with zero attached hydrogens (tertiary/aromatic N) is 3. The summed E-state index contributed by atoms with van der Waals surface area (Å²) in [5.74, 6) is 0.681. The highest BCUT2D eigenvalue weighted by Crippen LogP contribution is 2.37. The molecule has 0 aliphatic carbocycles. The van der Waals surface area contributed by atoms with E-state index in [0.717, 1.165) is 49.5 Å². The van der Waals surface area contributed by atoms with Crippen molar-refractivity contribution in [3.8, 4) is 17.1 Å². The average molecular weight is 411 g/mol. The van der Waals surface area contributed by atoms with E-state index in [1.165, 1.54) is 0 Å². The van der Waals surface area contributed by atoms with Gasteiger partial charge in [-0.3, -0.25) is 9.20 Å². The SMILES string of the molecule is O=c1c2c3ccccc3n(-c3ccccc3)c2c2cccc3nc(-c4ccccc4)n1c32. The van der Waals surface area contributed by atoms with Crippen LogP contribution in [0.2, 0.25) is 0 Å². The van der Waals surface area contributed by atoms with E-state index < -0.39 is 0 Å². The summed E-state index contributed by atoms with van der Waals surface area (Å²) in [4.78, 5) is 19.0. The van der Waals surface area contributed by atoms with Gasteiger partial charge in [0, 0.05) is 22.0 Å². The minimum Gasteiger partial charge on any atom is -0.308 e. The van der Waals surface area contributed by atoms with Crippen LogP contribution in [0.5, 0.6) is 0 Å². The van der Waals surface area contributed by atoms with E-state index in [-0.39, 0.29) is 5.56 Å². The Kier molecular flexibility index (Phi) is 3.39. The number of hydrogen-bond acceptors (Lipinski definition) is 2. The van der Waals surface area contributed by atoms with Crippen LogP contribution in [-0.4, -0.2) is 14.0 Å². The molecule has 0 atom stereocenters. The van der Waals surface area contributed by atoms with E-state index in [1.807, 2.05) is 78.9 Å². The first-order valence-corrected chi connectivity index (χ1v) is 10.6. The first kappa shape index (κ1) is 17.3. The van der Waals surface area contributed by atoms with Crippen molar-refractivity contribution in [3.63, 3.8) is 0 Å². The quantitative estimate of drug-likeness (QED) is 0.347. The summed E-state index contributed by atoms with van der Waals surface area (Å²) in [6.45, 7) is 0. The third-order valence-corrected chi connectivity index (χ3v) is 6.27. The van der Waals surface area contributed by atoms with E-state index in [9.17, 15) is 4.79 Å².